The Hall–Kier alpha value is -2.86. The molecule has 0 fully saturated rings. The van der Waals surface area contributed by atoms with Gasteiger partial charge in [0, 0.05) is 25.3 Å². The van der Waals surface area contributed by atoms with Crippen molar-refractivity contribution in [3.05, 3.63) is 60.2 Å². The number of carbonyl (C=O) groups is 2. The quantitative estimate of drug-likeness (QED) is 0.777. The molecule has 0 bridgehead atoms. The number of carbonyl (C=O) groups excluding carboxylic acids is 2. The van der Waals surface area contributed by atoms with E-state index in [0.29, 0.717) is 18.0 Å². The summed E-state index contributed by atoms with van der Waals surface area (Å²) < 4.78 is 5.15. The molecular weight excluding hydrogens is 342 g/mol. The first-order valence-electron chi connectivity index (χ1n) is 8.83. The fraction of sp³-hybridized carbons (Fsp3) is 0.333. The van der Waals surface area contributed by atoms with E-state index in [1.807, 2.05) is 49.4 Å². The van der Waals surface area contributed by atoms with Gasteiger partial charge in [0.1, 0.15) is 5.75 Å². The third-order valence-electron chi connectivity index (χ3n) is 4.40. The fourth-order valence-electron chi connectivity index (χ4n) is 2.71. The molecule has 2 rings (SSSR count). The van der Waals surface area contributed by atoms with Gasteiger partial charge in [-0.25, -0.2) is 0 Å². The molecule has 0 aliphatic rings. The second kappa shape index (κ2) is 9.73. The van der Waals surface area contributed by atoms with Gasteiger partial charge in [0.25, 0.3) is 0 Å². The molecule has 27 heavy (non-hydrogen) atoms. The molecule has 0 radical (unpaired) electrons. The van der Waals surface area contributed by atoms with Crippen LogP contribution < -0.4 is 10.1 Å². The maximum absolute atomic E-state index is 12.6. The summed E-state index contributed by atoms with van der Waals surface area (Å²) in [5.41, 5.74) is 1.73. The SMILES string of the molecule is COc1cccc(NC(=O)CN(C)[C@H](C)C(=O)N(C)Cc2ccccc2)c1. The fourth-order valence-corrected chi connectivity index (χ4v) is 2.71. The van der Waals surface area contributed by atoms with Gasteiger partial charge in [-0.05, 0) is 31.7 Å². The zero-order chi connectivity index (χ0) is 19.8. The number of nitrogens with one attached hydrogen (secondary N) is 1. The van der Waals surface area contributed by atoms with Crippen LogP contribution in [0, 0.1) is 0 Å². The lowest BCUT2D eigenvalue weighted by molar-refractivity contribution is -0.135. The number of likely N-dealkylation sites (N-methyl/N-ethyl adjacent to an activating group) is 2. The molecule has 144 valence electrons. The zero-order valence-corrected chi connectivity index (χ0v) is 16.3. The number of amides is 2. The van der Waals surface area contributed by atoms with E-state index in [0.717, 1.165) is 5.56 Å². The van der Waals surface area contributed by atoms with Crippen LogP contribution in [0.4, 0.5) is 5.69 Å². The topological polar surface area (TPSA) is 61.9 Å². The molecule has 2 aromatic carbocycles. The highest BCUT2D eigenvalue weighted by molar-refractivity contribution is 5.93. The van der Waals surface area contributed by atoms with Crippen molar-refractivity contribution in [1.29, 1.82) is 0 Å². The van der Waals surface area contributed by atoms with E-state index in [1.54, 1.807) is 43.1 Å². The summed E-state index contributed by atoms with van der Waals surface area (Å²) in [6.45, 7) is 2.46. The van der Waals surface area contributed by atoms with E-state index >= 15 is 0 Å². The summed E-state index contributed by atoms with van der Waals surface area (Å²) in [6, 6.07) is 16.6. The average Bonchev–Trinajstić information content (AvgIpc) is 2.67. The second-order valence-electron chi connectivity index (χ2n) is 6.55. The molecule has 1 N–H and O–H groups in total. The van der Waals surface area contributed by atoms with Crippen LogP contribution >= 0.6 is 0 Å². The third-order valence-corrected chi connectivity index (χ3v) is 4.40. The minimum atomic E-state index is -0.408. The zero-order valence-electron chi connectivity index (χ0n) is 16.3. The Balaban J connectivity index is 1.88. The van der Waals surface area contributed by atoms with Gasteiger partial charge in [-0.3, -0.25) is 14.5 Å². The van der Waals surface area contributed by atoms with Crippen molar-refractivity contribution in [2.24, 2.45) is 0 Å². The highest BCUT2D eigenvalue weighted by atomic mass is 16.5. The highest BCUT2D eigenvalue weighted by Crippen LogP contribution is 2.16. The summed E-state index contributed by atoms with van der Waals surface area (Å²) in [7, 11) is 5.12. The Labute approximate surface area is 160 Å². The summed E-state index contributed by atoms with van der Waals surface area (Å²) in [4.78, 5) is 28.4. The molecule has 6 heteroatoms. The smallest absolute Gasteiger partial charge is 0.239 e. The number of ether oxygens (including phenoxy) is 1. The van der Waals surface area contributed by atoms with Crippen LogP contribution in [-0.4, -0.2) is 55.4 Å². The van der Waals surface area contributed by atoms with Gasteiger partial charge >= 0.3 is 0 Å². The summed E-state index contributed by atoms with van der Waals surface area (Å²) in [5, 5.41) is 2.82. The van der Waals surface area contributed by atoms with Crippen molar-refractivity contribution in [3.63, 3.8) is 0 Å². The molecule has 0 aliphatic heterocycles. The molecule has 0 aliphatic carbocycles. The van der Waals surface area contributed by atoms with Crippen LogP contribution in [-0.2, 0) is 16.1 Å². The Morgan fingerprint density at radius 1 is 1.07 bits per heavy atom. The van der Waals surface area contributed by atoms with Gasteiger partial charge in [-0.15, -0.1) is 0 Å². The number of nitrogens with zero attached hydrogens (tertiary/aromatic N) is 2. The molecule has 2 amide bonds. The molecular formula is C21H27N3O3. The number of hydrogen-bond donors (Lipinski definition) is 1. The Kier molecular flexibility index (Phi) is 7.37. The third kappa shape index (κ3) is 6.11. The summed E-state index contributed by atoms with van der Waals surface area (Å²) >= 11 is 0. The lowest BCUT2D eigenvalue weighted by Gasteiger charge is -2.28. The second-order valence-corrected chi connectivity index (χ2v) is 6.55. The number of hydrogen-bond acceptors (Lipinski definition) is 4. The number of anilines is 1. The van der Waals surface area contributed by atoms with E-state index in [4.69, 9.17) is 4.74 Å². The van der Waals surface area contributed by atoms with E-state index in [2.05, 4.69) is 5.32 Å². The Bertz CT molecular complexity index is 764. The minimum Gasteiger partial charge on any atom is -0.497 e. The van der Waals surface area contributed by atoms with Crippen molar-refractivity contribution in [2.45, 2.75) is 19.5 Å². The molecule has 0 aromatic heterocycles. The number of rotatable bonds is 8. The van der Waals surface area contributed by atoms with Crippen LogP contribution in [0.15, 0.2) is 54.6 Å². The van der Waals surface area contributed by atoms with Crippen LogP contribution in [0.25, 0.3) is 0 Å². The Morgan fingerprint density at radius 3 is 2.44 bits per heavy atom. The molecule has 0 spiro atoms. The van der Waals surface area contributed by atoms with Crippen LogP contribution in [0.5, 0.6) is 5.75 Å². The first-order valence-corrected chi connectivity index (χ1v) is 8.83. The first kappa shape index (κ1) is 20.5. The van der Waals surface area contributed by atoms with E-state index in [1.165, 1.54) is 0 Å². The maximum atomic E-state index is 12.6. The van der Waals surface area contributed by atoms with E-state index < -0.39 is 6.04 Å². The minimum absolute atomic E-state index is 0.0319. The van der Waals surface area contributed by atoms with Crippen molar-refractivity contribution in [3.8, 4) is 5.75 Å². The first-order chi connectivity index (χ1) is 12.9. The standard InChI is InChI=1S/C21H27N3O3/c1-16(21(26)24(3)14-17-9-6-5-7-10-17)23(2)15-20(25)22-18-11-8-12-19(13-18)27-4/h5-13,16H,14-15H2,1-4H3,(H,22,25)/t16-/m1/s1. The maximum Gasteiger partial charge on any atom is 0.239 e. The molecule has 0 saturated carbocycles. The molecule has 0 unspecified atom stereocenters. The van der Waals surface area contributed by atoms with Crippen molar-refractivity contribution < 1.29 is 14.3 Å². The number of methoxy groups -OCH3 is 1. The van der Waals surface area contributed by atoms with Gasteiger partial charge in [-0.1, -0.05) is 36.4 Å². The van der Waals surface area contributed by atoms with Crippen LogP contribution in [0.2, 0.25) is 0 Å². The Morgan fingerprint density at radius 2 is 1.78 bits per heavy atom. The molecule has 1 atom stereocenters. The molecule has 0 saturated heterocycles. The lowest BCUT2D eigenvalue weighted by atomic mass is 10.2. The van der Waals surface area contributed by atoms with Crippen molar-refractivity contribution >= 4 is 17.5 Å². The van der Waals surface area contributed by atoms with Gasteiger partial charge in [0.05, 0.1) is 19.7 Å². The van der Waals surface area contributed by atoms with E-state index in [-0.39, 0.29) is 18.4 Å². The predicted octanol–water partition coefficient (Wildman–Crippen LogP) is 2.61. The number of benzene rings is 2. The van der Waals surface area contributed by atoms with Gasteiger partial charge < -0.3 is 15.0 Å². The summed E-state index contributed by atoms with van der Waals surface area (Å²) in [5.74, 6) is 0.457. The van der Waals surface area contributed by atoms with E-state index in [9.17, 15) is 9.59 Å². The molecule has 2 aromatic rings. The van der Waals surface area contributed by atoms with Crippen molar-refractivity contribution in [2.75, 3.05) is 33.1 Å². The van der Waals surface area contributed by atoms with Crippen LogP contribution in [0.1, 0.15) is 12.5 Å². The predicted molar refractivity (Wildman–Crippen MR) is 107 cm³/mol. The average molecular weight is 369 g/mol. The highest BCUT2D eigenvalue weighted by Gasteiger charge is 2.23. The lowest BCUT2D eigenvalue weighted by Crippen LogP contribution is -2.46. The van der Waals surface area contributed by atoms with Gasteiger partial charge in [-0.2, -0.15) is 0 Å². The molecule has 0 heterocycles. The monoisotopic (exact) mass is 369 g/mol. The normalized spacial score (nSPS) is 11.7. The van der Waals surface area contributed by atoms with Crippen molar-refractivity contribution in [1.82, 2.24) is 9.80 Å². The summed E-state index contributed by atoms with van der Waals surface area (Å²) in [6.07, 6.45) is 0. The van der Waals surface area contributed by atoms with Crippen LogP contribution in [0.3, 0.4) is 0 Å². The molecule has 6 nitrogen and oxygen atoms in total. The van der Waals surface area contributed by atoms with Gasteiger partial charge in [0.2, 0.25) is 11.8 Å². The largest absolute Gasteiger partial charge is 0.497 e. The van der Waals surface area contributed by atoms with Gasteiger partial charge in [0.15, 0.2) is 0 Å².